The van der Waals surface area contributed by atoms with Gasteiger partial charge in [-0.15, -0.1) is 0 Å². The third-order valence-corrected chi connectivity index (χ3v) is 3.47. The average Bonchev–Trinajstić information content (AvgIpc) is 2.61. The van der Waals surface area contributed by atoms with Crippen molar-refractivity contribution in [2.24, 2.45) is 7.05 Å². The highest BCUT2D eigenvalue weighted by atomic mass is 19.1. The molecule has 0 aliphatic rings. The summed E-state index contributed by atoms with van der Waals surface area (Å²) < 4.78 is 28.7. The molecule has 0 amide bonds. The molecule has 0 saturated heterocycles. The molecule has 2 rings (SSSR count). The second-order valence-corrected chi connectivity index (χ2v) is 4.87. The molecule has 0 atom stereocenters. The smallest absolute Gasteiger partial charge is 0.141 e. The quantitative estimate of drug-likeness (QED) is 0.861. The number of Topliss-reactive ketones (excluding diaryl/α,β-unsaturated/α-hetero) is 1. The molecule has 0 bridgehead atoms. The van der Waals surface area contributed by atoms with E-state index in [0.29, 0.717) is 0 Å². The first kappa shape index (κ1) is 14.4. The van der Waals surface area contributed by atoms with Gasteiger partial charge in [-0.1, -0.05) is 6.07 Å². The fourth-order valence-electron chi connectivity index (χ4n) is 2.23. The Bertz CT molecular complexity index is 642. The first-order valence-electron chi connectivity index (χ1n) is 6.33. The van der Waals surface area contributed by atoms with Crippen LogP contribution < -0.4 is 0 Å². The van der Waals surface area contributed by atoms with Crippen LogP contribution in [0.1, 0.15) is 22.5 Å². The van der Waals surface area contributed by atoms with Crippen LogP contribution in [0.3, 0.4) is 0 Å². The van der Waals surface area contributed by atoms with Crippen molar-refractivity contribution in [3.63, 3.8) is 0 Å². The monoisotopic (exact) mass is 278 g/mol. The molecule has 0 radical (unpaired) electrons. The highest BCUT2D eigenvalue weighted by Gasteiger charge is 2.17. The van der Waals surface area contributed by atoms with Crippen LogP contribution in [0.25, 0.3) is 0 Å². The largest absolute Gasteiger partial charge is 0.299 e. The third-order valence-electron chi connectivity index (χ3n) is 3.47. The van der Waals surface area contributed by atoms with E-state index in [4.69, 9.17) is 0 Å². The molecule has 20 heavy (non-hydrogen) atoms. The summed E-state index contributed by atoms with van der Waals surface area (Å²) in [5.41, 5.74) is 2.32. The van der Waals surface area contributed by atoms with Gasteiger partial charge in [-0.2, -0.15) is 5.10 Å². The highest BCUT2D eigenvalue weighted by Crippen LogP contribution is 2.17. The lowest BCUT2D eigenvalue weighted by Crippen LogP contribution is -2.10. The maximum absolute atomic E-state index is 13.5. The lowest BCUT2D eigenvalue weighted by molar-refractivity contribution is -0.117. The number of nitrogens with zero attached hydrogens (tertiary/aromatic N) is 2. The number of carbonyl (C=O) groups excluding carboxylic acids is 1. The predicted octanol–water partition coefficient (Wildman–Crippen LogP) is 2.67. The zero-order valence-corrected chi connectivity index (χ0v) is 11.7. The Morgan fingerprint density at radius 2 is 1.70 bits per heavy atom. The van der Waals surface area contributed by atoms with Crippen LogP contribution in [0.15, 0.2) is 18.2 Å². The molecule has 0 fully saturated rings. The number of carbonyl (C=O) groups is 1. The minimum absolute atomic E-state index is 0.138. The van der Waals surface area contributed by atoms with Crippen molar-refractivity contribution in [1.29, 1.82) is 0 Å². The van der Waals surface area contributed by atoms with Crippen LogP contribution in [0, 0.1) is 25.5 Å². The van der Waals surface area contributed by atoms with Gasteiger partial charge in [0.05, 0.1) is 5.69 Å². The van der Waals surface area contributed by atoms with Crippen molar-refractivity contribution in [3.8, 4) is 0 Å². The van der Waals surface area contributed by atoms with E-state index in [9.17, 15) is 13.6 Å². The second-order valence-electron chi connectivity index (χ2n) is 4.87. The maximum Gasteiger partial charge on any atom is 0.141 e. The van der Waals surface area contributed by atoms with Gasteiger partial charge < -0.3 is 0 Å². The van der Waals surface area contributed by atoms with Crippen molar-refractivity contribution in [2.45, 2.75) is 26.7 Å². The molecule has 0 N–H and O–H groups in total. The summed E-state index contributed by atoms with van der Waals surface area (Å²) >= 11 is 0. The number of benzene rings is 1. The molecule has 0 saturated carbocycles. The topological polar surface area (TPSA) is 34.9 Å². The van der Waals surface area contributed by atoms with E-state index in [-0.39, 0.29) is 24.2 Å². The Balaban J connectivity index is 2.18. The second kappa shape index (κ2) is 5.53. The Kier molecular flexibility index (Phi) is 3.97. The van der Waals surface area contributed by atoms with E-state index >= 15 is 0 Å². The summed E-state index contributed by atoms with van der Waals surface area (Å²) in [7, 11) is 1.80. The fraction of sp³-hybridized carbons (Fsp3) is 0.333. The minimum atomic E-state index is -0.682. The van der Waals surface area contributed by atoms with Crippen LogP contribution in [-0.4, -0.2) is 15.6 Å². The summed E-state index contributed by atoms with van der Waals surface area (Å²) in [5.74, 6) is -1.59. The Hall–Kier alpha value is -2.04. The number of rotatable bonds is 4. The maximum atomic E-state index is 13.5. The van der Waals surface area contributed by atoms with Crippen LogP contribution in [-0.2, 0) is 24.7 Å². The van der Waals surface area contributed by atoms with Gasteiger partial charge in [-0.3, -0.25) is 9.48 Å². The molecule has 2 aromatic rings. The van der Waals surface area contributed by atoms with Gasteiger partial charge in [0.2, 0.25) is 0 Å². The summed E-state index contributed by atoms with van der Waals surface area (Å²) in [5, 5.41) is 4.22. The molecule has 0 unspecified atom stereocenters. The number of aryl methyl sites for hydroxylation is 2. The van der Waals surface area contributed by atoms with E-state index in [0.717, 1.165) is 29.1 Å². The molecule has 1 aromatic carbocycles. The first-order chi connectivity index (χ1) is 9.40. The van der Waals surface area contributed by atoms with E-state index in [1.54, 1.807) is 11.7 Å². The Labute approximate surface area is 116 Å². The van der Waals surface area contributed by atoms with Crippen LogP contribution in [0.4, 0.5) is 8.78 Å². The zero-order chi connectivity index (χ0) is 14.9. The third kappa shape index (κ3) is 2.76. The molecule has 0 spiro atoms. The molecule has 0 aliphatic carbocycles. The van der Waals surface area contributed by atoms with E-state index in [1.807, 2.05) is 13.8 Å². The standard InChI is InChI=1S/C15H16F2N2O/c1-9-12(10(2)19(3)18-9)7-11(20)8-13-14(16)5-4-6-15(13)17/h4-6H,7-8H2,1-3H3. The number of hydrogen-bond donors (Lipinski definition) is 0. The molecular formula is C15H16F2N2O. The summed E-state index contributed by atoms with van der Waals surface area (Å²) in [6.45, 7) is 3.69. The van der Waals surface area contributed by atoms with Crippen LogP contribution >= 0.6 is 0 Å². The predicted molar refractivity (Wildman–Crippen MR) is 71.5 cm³/mol. The molecule has 3 nitrogen and oxygen atoms in total. The summed E-state index contributed by atoms with van der Waals surface area (Å²) in [4.78, 5) is 12.0. The number of aromatic nitrogens is 2. The van der Waals surface area contributed by atoms with E-state index in [2.05, 4.69) is 5.10 Å². The molecule has 0 aliphatic heterocycles. The van der Waals surface area contributed by atoms with Gasteiger partial charge in [0.15, 0.2) is 0 Å². The lowest BCUT2D eigenvalue weighted by Gasteiger charge is -2.05. The van der Waals surface area contributed by atoms with Crippen molar-refractivity contribution in [2.75, 3.05) is 0 Å². The number of halogens is 2. The normalized spacial score (nSPS) is 10.8. The van der Waals surface area contributed by atoms with Crippen LogP contribution in [0.5, 0.6) is 0 Å². The van der Waals surface area contributed by atoms with Gasteiger partial charge in [0, 0.05) is 36.7 Å². The van der Waals surface area contributed by atoms with E-state index < -0.39 is 11.6 Å². The van der Waals surface area contributed by atoms with E-state index in [1.165, 1.54) is 6.07 Å². The molecule has 1 aromatic heterocycles. The zero-order valence-electron chi connectivity index (χ0n) is 11.7. The van der Waals surface area contributed by atoms with Gasteiger partial charge in [-0.05, 0) is 26.0 Å². The van der Waals surface area contributed by atoms with Gasteiger partial charge in [0.25, 0.3) is 0 Å². The molecule has 5 heteroatoms. The summed E-state index contributed by atoms with van der Waals surface area (Å²) in [6, 6.07) is 3.60. The van der Waals surface area contributed by atoms with Crippen molar-refractivity contribution >= 4 is 5.78 Å². The fourth-order valence-corrected chi connectivity index (χ4v) is 2.23. The lowest BCUT2D eigenvalue weighted by atomic mass is 10.0. The Morgan fingerprint density at radius 3 is 2.20 bits per heavy atom. The average molecular weight is 278 g/mol. The number of hydrogen-bond acceptors (Lipinski definition) is 2. The number of ketones is 1. The molecule has 1 heterocycles. The summed E-state index contributed by atoms with van der Waals surface area (Å²) in [6.07, 6.45) is -0.106. The van der Waals surface area contributed by atoms with Gasteiger partial charge in [0.1, 0.15) is 17.4 Å². The SMILES string of the molecule is Cc1nn(C)c(C)c1CC(=O)Cc1c(F)cccc1F. The van der Waals surface area contributed by atoms with Gasteiger partial charge >= 0.3 is 0 Å². The Morgan fingerprint density at radius 1 is 1.15 bits per heavy atom. The molecular weight excluding hydrogens is 262 g/mol. The highest BCUT2D eigenvalue weighted by molar-refractivity contribution is 5.83. The minimum Gasteiger partial charge on any atom is -0.299 e. The van der Waals surface area contributed by atoms with Crippen molar-refractivity contribution < 1.29 is 13.6 Å². The molecule has 106 valence electrons. The van der Waals surface area contributed by atoms with Crippen molar-refractivity contribution in [1.82, 2.24) is 9.78 Å². The van der Waals surface area contributed by atoms with Gasteiger partial charge in [-0.25, -0.2) is 8.78 Å². The first-order valence-corrected chi connectivity index (χ1v) is 6.33. The van der Waals surface area contributed by atoms with Crippen molar-refractivity contribution in [3.05, 3.63) is 52.3 Å². The van der Waals surface area contributed by atoms with Crippen LogP contribution in [0.2, 0.25) is 0 Å².